The third kappa shape index (κ3) is 2.26. The van der Waals surface area contributed by atoms with Gasteiger partial charge in [-0.15, -0.1) is 0 Å². The molecule has 1 heterocycles. The lowest BCUT2D eigenvalue weighted by molar-refractivity contribution is 0.0735. The van der Waals surface area contributed by atoms with E-state index in [1.54, 1.807) is 26.0 Å². The van der Waals surface area contributed by atoms with E-state index in [0.717, 1.165) is 0 Å². The average molecular weight is 180 g/mol. The molecule has 4 heteroatoms. The van der Waals surface area contributed by atoms with Crippen LogP contribution in [0.3, 0.4) is 0 Å². The highest BCUT2D eigenvalue weighted by atomic mass is 16.3. The van der Waals surface area contributed by atoms with Gasteiger partial charge in [0.2, 0.25) is 0 Å². The van der Waals surface area contributed by atoms with Crippen molar-refractivity contribution in [3.8, 4) is 0 Å². The second-order valence-electron chi connectivity index (χ2n) is 3.33. The third-order valence-corrected chi connectivity index (χ3v) is 1.63. The number of carbonyl (C=O) groups is 1. The van der Waals surface area contributed by atoms with Gasteiger partial charge >= 0.3 is 0 Å². The van der Waals surface area contributed by atoms with Crippen molar-refractivity contribution in [2.75, 3.05) is 0 Å². The minimum absolute atomic E-state index is 0.166. The molecule has 1 aromatic heterocycles. The molecule has 1 aromatic rings. The highest BCUT2D eigenvalue weighted by molar-refractivity contribution is 5.90. The zero-order valence-corrected chi connectivity index (χ0v) is 7.61. The molecule has 0 aliphatic heterocycles. The van der Waals surface area contributed by atoms with Crippen LogP contribution in [0.25, 0.3) is 0 Å². The number of rotatable bonds is 2. The Morgan fingerprint density at radius 1 is 1.54 bits per heavy atom. The van der Waals surface area contributed by atoms with Crippen molar-refractivity contribution in [2.45, 2.75) is 19.4 Å². The van der Waals surface area contributed by atoms with Crippen molar-refractivity contribution in [1.82, 2.24) is 4.98 Å². The van der Waals surface area contributed by atoms with E-state index in [2.05, 4.69) is 4.98 Å². The number of amides is 1. The maximum absolute atomic E-state index is 10.8. The maximum atomic E-state index is 10.8. The van der Waals surface area contributed by atoms with Crippen LogP contribution >= 0.6 is 0 Å². The Bertz CT molecular complexity index is 329. The number of aromatic nitrogens is 1. The van der Waals surface area contributed by atoms with Crippen LogP contribution in [0.15, 0.2) is 18.2 Å². The van der Waals surface area contributed by atoms with Crippen LogP contribution in [0.4, 0.5) is 0 Å². The highest BCUT2D eigenvalue weighted by Gasteiger charge is 2.18. The zero-order chi connectivity index (χ0) is 10.1. The van der Waals surface area contributed by atoms with Crippen LogP contribution in [-0.4, -0.2) is 16.0 Å². The molecule has 0 atom stereocenters. The molecule has 0 radical (unpaired) electrons. The molecule has 0 fully saturated rings. The van der Waals surface area contributed by atoms with Crippen LogP contribution in [-0.2, 0) is 5.60 Å². The van der Waals surface area contributed by atoms with Gasteiger partial charge in [-0.25, -0.2) is 4.98 Å². The Labute approximate surface area is 76.4 Å². The van der Waals surface area contributed by atoms with Crippen LogP contribution in [0.5, 0.6) is 0 Å². The van der Waals surface area contributed by atoms with E-state index in [1.807, 2.05) is 0 Å². The minimum Gasteiger partial charge on any atom is -0.384 e. The van der Waals surface area contributed by atoms with E-state index >= 15 is 0 Å². The van der Waals surface area contributed by atoms with Gasteiger partial charge in [-0.2, -0.15) is 0 Å². The molecule has 1 rings (SSSR count). The molecule has 1 amide bonds. The van der Waals surface area contributed by atoms with Gasteiger partial charge < -0.3 is 10.8 Å². The Kier molecular flexibility index (Phi) is 2.34. The largest absolute Gasteiger partial charge is 0.384 e. The summed E-state index contributed by atoms with van der Waals surface area (Å²) in [6.07, 6.45) is 0. The highest BCUT2D eigenvalue weighted by Crippen LogP contribution is 2.16. The van der Waals surface area contributed by atoms with Gasteiger partial charge in [-0.05, 0) is 26.0 Å². The number of aliphatic hydroxyl groups is 1. The summed E-state index contributed by atoms with van der Waals surface area (Å²) in [6, 6.07) is 4.80. The number of pyridine rings is 1. The lowest BCUT2D eigenvalue weighted by Gasteiger charge is -2.16. The Morgan fingerprint density at radius 2 is 2.15 bits per heavy atom. The quantitative estimate of drug-likeness (QED) is 0.692. The van der Waals surface area contributed by atoms with Crippen molar-refractivity contribution in [1.29, 1.82) is 0 Å². The molecule has 0 aromatic carbocycles. The summed E-state index contributed by atoms with van der Waals surface area (Å²) in [5.41, 5.74) is 4.59. The second kappa shape index (κ2) is 3.14. The van der Waals surface area contributed by atoms with Gasteiger partial charge in [-0.1, -0.05) is 6.07 Å². The summed E-state index contributed by atoms with van der Waals surface area (Å²) in [5.74, 6) is -0.592. The van der Waals surface area contributed by atoms with Gasteiger partial charge in [0, 0.05) is 0 Å². The number of carbonyl (C=O) groups excluding carboxylic acids is 1. The molecule has 0 saturated carbocycles. The molecule has 70 valence electrons. The summed E-state index contributed by atoms with van der Waals surface area (Å²) in [4.78, 5) is 14.7. The van der Waals surface area contributed by atoms with E-state index in [9.17, 15) is 9.90 Å². The van der Waals surface area contributed by atoms with Gasteiger partial charge in [0.25, 0.3) is 5.91 Å². The number of primary amides is 1. The molecule has 13 heavy (non-hydrogen) atoms. The Morgan fingerprint density at radius 3 is 2.62 bits per heavy atom. The molecule has 4 nitrogen and oxygen atoms in total. The predicted octanol–water partition coefficient (Wildman–Crippen LogP) is 0.408. The Balaban J connectivity index is 3.13. The molecular formula is C9H12N2O2. The van der Waals surface area contributed by atoms with Crippen LogP contribution in [0, 0.1) is 0 Å². The molecule has 0 unspecified atom stereocenters. The predicted molar refractivity (Wildman–Crippen MR) is 48.0 cm³/mol. The first kappa shape index (κ1) is 9.67. The van der Waals surface area contributed by atoms with Crippen LogP contribution in [0.2, 0.25) is 0 Å². The summed E-state index contributed by atoms with van der Waals surface area (Å²) >= 11 is 0. The van der Waals surface area contributed by atoms with Gasteiger partial charge in [0.05, 0.1) is 5.69 Å². The minimum atomic E-state index is -1.05. The van der Waals surface area contributed by atoms with E-state index in [4.69, 9.17) is 5.73 Å². The average Bonchev–Trinajstić information content (AvgIpc) is 2.03. The summed E-state index contributed by atoms with van der Waals surface area (Å²) < 4.78 is 0. The Hall–Kier alpha value is -1.42. The first-order valence-corrected chi connectivity index (χ1v) is 3.91. The topological polar surface area (TPSA) is 76.2 Å². The summed E-state index contributed by atoms with van der Waals surface area (Å²) in [7, 11) is 0. The lowest BCUT2D eigenvalue weighted by Crippen LogP contribution is -2.21. The number of nitrogens with two attached hydrogens (primary N) is 1. The number of hydrogen-bond donors (Lipinski definition) is 2. The molecule has 0 spiro atoms. The van der Waals surface area contributed by atoms with E-state index < -0.39 is 11.5 Å². The zero-order valence-electron chi connectivity index (χ0n) is 7.61. The fourth-order valence-corrected chi connectivity index (χ4v) is 0.913. The fraction of sp³-hybridized carbons (Fsp3) is 0.333. The normalized spacial score (nSPS) is 11.3. The van der Waals surface area contributed by atoms with Crippen molar-refractivity contribution in [3.63, 3.8) is 0 Å². The van der Waals surface area contributed by atoms with E-state index in [1.165, 1.54) is 6.07 Å². The molecule has 0 aliphatic rings. The van der Waals surface area contributed by atoms with Crippen molar-refractivity contribution in [3.05, 3.63) is 29.6 Å². The van der Waals surface area contributed by atoms with Crippen molar-refractivity contribution < 1.29 is 9.90 Å². The summed E-state index contributed by atoms with van der Waals surface area (Å²) in [5, 5.41) is 9.58. The molecule has 0 bridgehead atoms. The van der Waals surface area contributed by atoms with Gasteiger partial charge in [-0.3, -0.25) is 4.79 Å². The van der Waals surface area contributed by atoms with E-state index in [0.29, 0.717) is 5.69 Å². The molecule has 3 N–H and O–H groups in total. The fourth-order valence-electron chi connectivity index (χ4n) is 0.913. The lowest BCUT2D eigenvalue weighted by atomic mass is 10.0. The number of hydrogen-bond acceptors (Lipinski definition) is 3. The maximum Gasteiger partial charge on any atom is 0.267 e. The first-order valence-electron chi connectivity index (χ1n) is 3.91. The standard InChI is InChI=1S/C9H12N2O2/c1-9(2,13)7-5-3-4-6(11-7)8(10)12/h3-5,13H,1-2H3,(H2,10,12). The second-order valence-corrected chi connectivity index (χ2v) is 3.33. The molecule has 0 saturated heterocycles. The van der Waals surface area contributed by atoms with Crippen molar-refractivity contribution >= 4 is 5.91 Å². The molecule has 0 aliphatic carbocycles. The summed E-state index contributed by atoms with van der Waals surface area (Å²) in [6.45, 7) is 3.19. The van der Waals surface area contributed by atoms with Crippen LogP contribution in [0.1, 0.15) is 30.0 Å². The number of nitrogens with zero attached hydrogens (tertiary/aromatic N) is 1. The SMILES string of the molecule is CC(C)(O)c1cccc(C(N)=O)n1. The van der Waals surface area contributed by atoms with Crippen LogP contribution < -0.4 is 5.73 Å². The van der Waals surface area contributed by atoms with Gasteiger partial charge in [0.1, 0.15) is 11.3 Å². The smallest absolute Gasteiger partial charge is 0.267 e. The molecular weight excluding hydrogens is 168 g/mol. The van der Waals surface area contributed by atoms with E-state index in [-0.39, 0.29) is 5.69 Å². The monoisotopic (exact) mass is 180 g/mol. The van der Waals surface area contributed by atoms with Crippen molar-refractivity contribution in [2.24, 2.45) is 5.73 Å². The van der Waals surface area contributed by atoms with Gasteiger partial charge in [0.15, 0.2) is 0 Å². The third-order valence-electron chi connectivity index (χ3n) is 1.63. The first-order chi connectivity index (χ1) is 5.91.